The van der Waals surface area contributed by atoms with Gasteiger partial charge in [0, 0.05) is 24.0 Å². The van der Waals surface area contributed by atoms with Crippen molar-refractivity contribution in [2.75, 3.05) is 13.1 Å². The maximum atomic E-state index is 12.8. The third kappa shape index (κ3) is 4.62. The van der Waals surface area contributed by atoms with E-state index in [1.807, 2.05) is 54.0 Å². The number of rotatable bonds is 6. The van der Waals surface area contributed by atoms with Crippen molar-refractivity contribution in [2.24, 2.45) is 0 Å². The molecule has 0 unspecified atom stereocenters. The normalized spacial score (nSPS) is 15.7. The minimum absolute atomic E-state index is 0.00468. The second-order valence-corrected chi connectivity index (χ2v) is 8.14. The molecule has 1 fully saturated rings. The van der Waals surface area contributed by atoms with Gasteiger partial charge in [-0.05, 0) is 56.1 Å². The highest BCUT2D eigenvalue weighted by molar-refractivity contribution is 6.30. The van der Waals surface area contributed by atoms with E-state index < -0.39 is 0 Å². The molecule has 0 aliphatic carbocycles. The molecule has 0 saturated carbocycles. The van der Waals surface area contributed by atoms with Crippen molar-refractivity contribution in [1.82, 2.24) is 19.2 Å². The number of piperidine rings is 1. The summed E-state index contributed by atoms with van der Waals surface area (Å²) >= 11 is 5.99. The van der Waals surface area contributed by atoms with Crippen molar-refractivity contribution in [3.8, 4) is 0 Å². The summed E-state index contributed by atoms with van der Waals surface area (Å²) in [5.74, 6) is 1.28. The zero-order chi connectivity index (χ0) is 20.2. The number of aromatic nitrogens is 3. The number of likely N-dealkylation sites (tertiary alicyclic amines) is 1. The molecule has 1 saturated heterocycles. The van der Waals surface area contributed by atoms with Gasteiger partial charge in [-0.15, -0.1) is 0 Å². The van der Waals surface area contributed by atoms with Crippen LogP contribution in [0.4, 0.5) is 0 Å². The monoisotopic (exact) mass is 410 g/mol. The van der Waals surface area contributed by atoms with Crippen LogP contribution < -0.4 is 5.69 Å². The molecule has 1 aliphatic heterocycles. The molecule has 0 atom stereocenters. The van der Waals surface area contributed by atoms with E-state index in [1.54, 1.807) is 4.68 Å². The van der Waals surface area contributed by atoms with Crippen LogP contribution in [0.3, 0.4) is 0 Å². The Balaban J connectivity index is 1.44. The van der Waals surface area contributed by atoms with E-state index in [0.29, 0.717) is 19.0 Å². The molecule has 0 amide bonds. The molecular formula is C23H27ClN4O. The average molecular weight is 411 g/mol. The zero-order valence-corrected chi connectivity index (χ0v) is 17.6. The molecule has 1 aliphatic rings. The highest BCUT2D eigenvalue weighted by atomic mass is 35.5. The molecule has 3 aromatic rings. The van der Waals surface area contributed by atoms with E-state index in [4.69, 9.17) is 16.7 Å². The lowest BCUT2D eigenvalue weighted by atomic mass is 9.95. The lowest BCUT2D eigenvalue weighted by Crippen LogP contribution is -2.33. The molecule has 29 heavy (non-hydrogen) atoms. The van der Waals surface area contributed by atoms with Gasteiger partial charge in [-0.1, -0.05) is 54.1 Å². The highest BCUT2D eigenvalue weighted by Crippen LogP contribution is 2.27. The van der Waals surface area contributed by atoms with E-state index in [-0.39, 0.29) is 5.69 Å². The molecule has 6 heteroatoms. The molecule has 2 heterocycles. The van der Waals surface area contributed by atoms with Gasteiger partial charge in [0.15, 0.2) is 0 Å². The number of benzene rings is 2. The summed E-state index contributed by atoms with van der Waals surface area (Å²) < 4.78 is 3.47. The van der Waals surface area contributed by atoms with Crippen LogP contribution in [0, 0.1) is 0 Å². The predicted octanol–water partition coefficient (Wildman–Crippen LogP) is 4.15. The van der Waals surface area contributed by atoms with Crippen molar-refractivity contribution in [3.05, 3.63) is 87.1 Å². The molecule has 0 spiro atoms. The van der Waals surface area contributed by atoms with Gasteiger partial charge in [0.2, 0.25) is 0 Å². The lowest BCUT2D eigenvalue weighted by Gasteiger charge is -2.31. The first kappa shape index (κ1) is 19.9. The fraction of sp³-hybridized carbons (Fsp3) is 0.391. The Hall–Kier alpha value is -2.37. The van der Waals surface area contributed by atoms with Gasteiger partial charge in [-0.3, -0.25) is 9.47 Å². The van der Waals surface area contributed by atoms with Gasteiger partial charge in [-0.2, -0.15) is 5.10 Å². The first-order valence-corrected chi connectivity index (χ1v) is 10.7. The van der Waals surface area contributed by atoms with Crippen LogP contribution in [0.25, 0.3) is 0 Å². The predicted molar refractivity (Wildman–Crippen MR) is 116 cm³/mol. The third-order valence-corrected chi connectivity index (χ3v) is 5.97. The topological polar surface area (TPSA) is 43.1 Å². The largest absolute Gasteiger partial charge is 0.346 e. The summed E-state index contributed by atoms with van der Waals surface area (Å²) in [5.41, 5.74) is 2.38. The molecular weight excluding hydrogens is 384 g/mol. The third-order valence-electron chi connectivity index (χ3n) is 5.71. The van der Waals surface area contributed by atoms with Gasteiger partial charge in [0.1, 0.15) is 5.82 Å². The van der Waals surface area contributed by atoms with Gasteiger partial charge < -0.3 is 0 Å². The van der Waals surface area contributed by atoms with Crippen molar-refractivity contribution in [1.29, 1.82) is 0 Å². The molecule has 1 aromatic heterocycles. The molecule has 5 nitrogen and oxygen atoms in total. The number of hydrogen-bond donors (Lipinski definition) is 0. The Morgan fingerprint density at radius 2 is 1.62 bits per heavy atom. The summed E-state index contributed by atoms with van der Waals surface area (Å²) in [7, 11) is 0. The fourth-order valence-corrected chi connectivity index (χ4v) is 4.24. The average Bonchev–Trinajstić information content (AvgIpc) is 3.06. The molecule has 152 valence electrons. The van der Waals surface area contributed by atoms with Crippen molar-refractivity contribution in [2.45, 2.75) is 45.3 Å². The maximum absolute atomic E-state index is 12.8. The van der Waals surface area contributed by atoms with Crippen LogP contribution in [-0.4, -0.2) is 32.3 Å². The Kier molecular flexibility index (Phi) is 6.16. The molecule has 0 bridgehead atoms. The summed E-state index contributed by atoms with van der Waals surface area (Å²) in [6.07, 6.45) is 2.05. The first-order valence-electron chi connectivity index (χ1n) is 10.3. The molecule has 0 radical (unpaired) electrons. The van der Waals surface area contributed by atoms with Crippen LogP contribution in [0.5, 0.6) is 0 Å². The Labute approximate surface area is 176 Å². The standard InChI is InChI=1S/C23H27ClN4O/c1-2-27-22(25-28(23(27)29)17-18-6-4-3-5-7-18)20-12-14-26(15-13-20)16-19-8-10-21(24)11-9-19/h3-11,20H,2,12-17H2,1H3. The van der Waals surface area contributed by atoms with Crippen LogP contribution in [0.2, 0.25) is 5.02 Å². The smallest absolute Gasteiger partial charge is 0.299 e. The summed E-state index contributed by atoms with van der Waals surface area (Å²) in [4.78, 5) is 15.3. The molecule has 2 aromatic carbocycles. The van der Waals surface area contributed by atoms with Crippen LogP contribution in [0.1, 0.15) is 42.6 Å². The lowest BCUT2D eigenvalue weighted by molar-refractivity contribution is 0.200. The Bertz CT molecular complexity index is 986. The van der Waals surface area contributed by atoms with Crippen LogP contribution >= 0.6 is 11.6 Å². The highest BCUT2D eigenvalue weighted by Gasteiger charge is 2.26. The first-order chi connectivity index (χ1) is 14.1. The summed E-state index contributed by atoms with van der Waals surface area (Å²) in [6.45, 7) is 6.17. The summed E-state index contributed by atoms with van der Waals surface area (Å²) in [5, 5.41) is 5.53. The van der Waals surface area contributed by atoms with Gasteiger partial charge in [0.25, 0.3) is 0 Å². The van der Waals surface area contributed by atoms with E-state index in [1.165, 1.54) is 5.56 Å². The number of halogens is 1. The Morgan fingerprint density at radius 3 is 2.28 bits per heavy atom. The van der Waals surface area contributed by atoms with Gasteiger partial charge in [0.05, 0.1) is 6.54 Å². The second-order valence-electron chi connectivity index (χ2n) is 7.71. The van der Waals surface area contributed by atoms with Gasteiger partial charge >= 0.3 is 5.69 Å². The minimum Gasteiger partial charge on any atom is -0.299 e. The molecule has 4 rings (SSSR count). The SMILES string of the molecule is CCn1c(C2CCN(Cc3ccc(Cl)cc3)CC2)nn(Cc2ccccc2)c1=O. The van der Waals surface area contributed by atoms with E-state index in [0.717, 1.165) is 48.9 Å². The van der Waals surface area contributed by atoms with Crippen LogP contribution in [0.15, 0.2) is 59.4 Å². The van der Waals surface area contributed by atoms with E-state index >= 15 is 0 Å². The van der Waals surface area contributed by atoms with Crippen LogP contribution in [-0.2, 0) is 19.6 Å². The Morgan fingerprint density at radius 1 is 0.966 bits per heavy atom. The van der Waals surface area contributed by atoms with Crippen molar-refractivity contribution in [3.63, 3.8) is 0 Å². The quantitative estimate of drug-likeness (QED) is 0.613. The van der Waals surface area contributed by atoms with Crippen molar-refractivity contribution >= 4 is 11.6 Å². The van der Waals surface area contributed by atoms with E-state index in [9.17, 15) is 4.79 Å². The van der Waals surface area contributed by atoms with Gasteiger partial charge in [-0.25, -0.2) is 9.48 Å². The fourth-order valence-electron chi connectivity index (χ4n) is 4.11. The second kappa shape index (κ2) is 8.97. The van der Waals surface area contributed by atoms with Crippen molar-refractivity contribution < 1.29 is 0 Å². The number of hydrogen-bond acceptors (Lipinski definition) is 3. The zero-order valence-electron chi connectivity index (χ0n) is 16.8. The number of nitrogens with zero attached hydrogens (tertiary/aromatic N) is 4. The van der Waals surface area contributed by atoms with E-state index in [2.05, 4.69) is 17.0 Å². The maximum Gasteiger partial charge on any atom is 0.346 e. The molecule has 0 N–H and O–H groups in total. The minimum atomic E-state index is -0.00468. The summed E-state index contributed by atoms with van der Waals surface area (Å²) in [6, 6.07) is 18.1.